The highest BCUT2D eigenvalue weighted by Crippen LogP contribution is 2.23. The Morgan fingerprint density at radius 1 is 0.853 bits per heavy atom. The number of carboxylic acids is 1. The van der Waals surface area contributed by atoms with Gasteiger partial charge in [0.2, 0.25) is 0 Å². The first-order chi connectivity index (χ1) is 16.3. The SMILES string of the molecule is CCOc1ccc(NC(=O)Nc2ccc(-c3ccc(C(=O)N(C)[C@@H](C)C(=O)O)cc3)cc2)cc1. The molecule has 0 heterocycles. The fraction of sp³-hybridized carbons (Fsp3) is 0.192. The largest absolute Gasteiger partial charge is 0.494 e. The molecular formula is C26H27N3O5. The average Bonchev–Trinajstić information content (AvgIpc) is 2.84. The van der Waals surface area contributed by atoms with E-state index in [4.69, 9.17) is 9.84 Å². The maximum absolute atomic E-state index is 12.5. The van der Waals surface area contributed by atoms with E-state index in [0.29, 0.717) is 23.5 Å². The van der Waals surface area contributed by atoms with E-state index >= 15 is 0 Å². The van der Waals surface area contributed by atoms with Crippen LogP contribution in [0.15, 0.2) is 72.8 Å². The molecule has 0 aliphatic carbocycles. The van der Waals surface area contributed by atoms with Crippen LogP contribution in [0.2, 0.25) is 0 Å². The molecule has 3 rings (SSSR count). The van der Waals surface area contributed by atoms with Gasteiger partial charge in [0.1, 0.15) is 11.8 Å². The van der Waals surface area contributed by atoms with E-state index in [0.717, 1.165) is 16.9 Å². The Hall–Kier alpha value is -4.33. The van der Waals surface area contributed by atoms with E-state index in [9.17, 15) is 14.4 Å². The lowest BCUT2D eigenvalue weighted by atomic mass is 10.0. The number of benzene rings is 3. The molecule has 0 spiro atoms. The quantitative estimate of drug-likeness (QED) is 0.440. The van der Waals surface area contributed by atoms with Crippen LogP contribution < -0.4 is 15.4 Å². The number of hydrogen-bond acceptors (Lipinski definition) is 4. The van der Waals surface area contributed by atoms with Crippen LogP contribution in [0.25, 0.3) is 11.1 Å². The second kappa shape index (κ2) is 11.0. The van der Waals surface area contributed by atoms with Gasteiger partial charge in [-0.15, -0.1) is 0 Å². The maximum Gasteiger partial charge on any atom is 0.326 e. The predicted octanol–water partition coefficient (Wildman–Crippen LogP) is 4.94. The highest BCUT2D eigenvalue weighted by molar-refractivity contribution is 6.00. The highest BCUT2D eigenvalue weighted by atomic mass is 16.5. The van der Waals surface area contributed by atoms with Crippen LogP contribution in [0, 0.1) is 0 Å². The van der Waals surface area contributed by atoms with Crippen molar-refractivity contribution in [1.29, 1.82) is 0 Å². The molecule has 3 N–H and O–H groups in total. The minimum atomic E-state index is -1.06. The summed E-state index contributed by atoms with van der Waals surface area (Å²) < 4.78 is 5.39. The van der Waals surface area contributed by atoms with Crippen LogP contribution in [-0.4, -0.2) is 47.6 Å². The molecule has 3 aromatic rings. The number of nitrogens with one attached hydrogen (secondary N) is 2. The molecule has 0 radical (unpaired) electrons. The van der Waals surface area contributed by atoms with Crippen LogP contribution in [-0.2, 0) is 4.79 Å². The number of urea groups is 1. The van der Waals surface area contributed by atoms with E-state index in [1.807, 2.05) is 19.1 Å². The third-order valence-corrected chi connectivity index (χ3v) is 5.29. The summed E-state index contributed by atoms with van der Waals surface area (Å²) in [6, 6.07) is 20.1. The van der Waals surface area contributed by atoms with Crippen LogP contribution in [0.5, 0.6) is 5.75 Å². The Morgan fingerprint density at radius 2 is 1.32 bits per heavy atom. The highest BCUT2D eigenvalue weighted by Gasteiger charge is 2.22. The first-order valence-electron chi connectivity index (χ1n) is 10.8. The zero-order valence-electron chi connectivity index (χ0n) is 19.2. The lowest BCUT2D eigenvalue weighted by molar-refractivity contribution is -0.141. The van der Waals surface area contributed by atoms with E-state index in [2.05, 4.69) is 10.6 Å². The summed E-state index contributed by atoms with van der Waals surface area (Å²) in [6.07, 6.45) is 0. The summed E-state index contributed by atoms with van der Waals surface area (Å²) in [4.78, 5) is 37.0. The molecule has 0 unspecified atom stereocenters. The number of aliphatic carboxylic acids is 1. The number of amides is 3. The van der Waals surface area contributed by atoms with Gasteiger partial charge in [-0.1, -0.05) is 24.3 Å². The number of carboxylic acid groups (broad SMARTS) is 1. The molecule has 0 aromatic heterocycles. The summed E-state index contributed by atoms with van der Waals surface area (Å²) in [6.45, 7) is 3.95. The Labute approximate surface area is 198 Å². The second-order valence-corrected chi connectivity index (χ2v) is 7.62. The van der Waals surface area contributed by atoms with Crippen LogP contribution in [0.1, 0.15) is 24.2 Å². The first kappa shape index (κ1) is 24.3. The molecule has 34 heavy (non-hydrogen) atoms. The third kappa shape index (κ3) is 6.13. The van der Waals surface area contributed by atoms with E-state index in [1.165, 1.54) is 18.9 Å². The lowest BCUT2D eigenvalue weighted by Crippen LogP contribution is -2.40. The van der Waals surface area contributed by atoms with E-state index < -0.39 is 12.0 Å². The number of hydrogen-bond donors (Lipinski definition) is 3. The maximum atomic E-state index is 12.5. The number of carbonyl (C=O) groups excluding carboxylic acids is 2. The molecule has 176 valence electrons. The fourth-order valence-corrected chi connectivity index (χ4v) is 3.19. The summed E-state index contributed by atoms with van der Waals surface area (Å²) in [5.74, 6) is -0.683. The smallest absolute Gasteiger partial charge is 0.326 e. The van der Waals surface area contributed by atoms with E-state index in [1.54, 1.807) is 60.7 Å². The minimum Gasteiger partial charge on any atom is -0.494 e. The van der Waals surface area contributed by atoms with Gasteiger partial charge in [0.05, 0.1) is 6.61 Å². The molecule has 0 bridgehead atoms. The number of rotatable bonds is 8. The molecule has 3 aromatic carbocycles. The van der Waals surface area contributed by atoms with Crippen molar-refractivity contribution in [2.45, 2.75) is 19.9 Å². The van der Waals surface area contributed by atoms with Gasteiger partial charge in [0, 0.05) is 24.0 Å². The van der Waals surface area contributed by atoms with Crippen molar-refractivity contribution in [2.75, 3.05) is 24.3 Å². The van der Waals surface area contributed by atoms with Crippen LogP contribution in [0.3, 0.4) is 0 Å². The monoisotopic (exact) mass is 461 g/mol. The van der Waals surface area contributed by atoms with Crippen molar-refractivity contribution >= 4 is 29.3 Å². The van der Waals surface area contributed by atoms with Crippen molar-refractivity contribution in [1.82, 2.24) is 4.90 Å². The summed E-state index contributed by atoms with van der Waals surface area (Å²) in [5.41, 5.74) is 3.47. The van der Waals surface area contributed by atoms with Gasteiger partial charge in [-0.05, 0) is 73.5 Å². The Morgan fingerprint density at radius 3 is 1.79 bits per heavy atom. The second-order valence-electron chi connectivity index (χ2n) is 7.62. The van der Waals surface area contributed by atoms with Crippen molar-refractivity contribution < 1.29 is 24.2 Å². The van der Waals surface area contributed by atoms with Crippen LogP contribution in [0.4, 0.5) is 16.2 Å². The van der Waals surface area contributed by atoms with Gasteiger partial charge < -0.3 is 25.4 Å². The fourth-order valence-electron chi connectivity index (χ4n) is 3.19. The Balaban J connectivity index is 1.60. The molecule has 0 saturated carbocycles. The van der Waals surface area contributed by atoms with Crippen molar-refractivity contribution in [3.8, 4) is 16.9 Å². The Kier molecular flexibility index (Phi) is 7.87. The standard InChI is InChI=1S/C26H27N3O5/c1-4-34-23-15-13-22(14-16-23)28-26(33)27-21-11-9-19(10-12-21)18-5-7-20(8-6-18)24(30)29(3)17(2)25(31)32/h5-17H,4H2,1-3H3,(H,31,32)(H2,27,28,33)/t17-/m0/s1. The summed E-state index contributed by atoms with van der Waals surface area (Å²) in [5, 5.41) is 14.6. The zero-order chi connectivity index (χ0) is 24.7. The molecule has 1 atom stereocenters. The van der Waals surface area contributed by atoms with E-state index in [-0.39, 0.29) is 11.9 Å². The summed E-state index contributed by atoms with van der Waals surface area (Å²) in [7, 11) is 1.47. The van der Waals surface area contributed by atoms with Crippen molar-refractivity contribution in [2.24, 2.45) is 0 Å². The average molecular weight is 462 g/mol. The number of ether oxygens (including phenoxy) is 1. The van der Waals surface area contributed by atoms with Crippen LogP contribution >= 0.6 is 0 Å². The minimum absolute atomic E-state index is 0.362. The zero-order valence-corrected chi connectivity index (χ0v) is 19.2. The lowest BCUT2D eigenvalue weighted by Gasteiger charge is -2.21. The number of carbonyl (C=O) groups is 3. The van der Waals surface area contributed by atoms with Gasteiger partial charge in [-0.2, -0.15) is 0 Å². The van der Waals surface area contributed by atoms with Crippen molar-refractivity contribution in [3.63, 3.8) is 0 Å². The van der Waals surface area contributed by atoms with Gasteiger partial charge in [-0.25, -0.2) is 9.59 Å². The third-order valence-electron chi connectivity index (χ3n) is 5.29. The number of likely N-dealkylation sites (N-methyl/N-ethyl adjacent to an activating group) is 1. The molecular weight excluding hydrogens is 434 g/mol. The predicted molar refractivity (Wildman–Crippen MR) is 131 cm³/mol. The van der Waals surface area contributed by atoms with Gasteiger partial charge in [0.15, 0.2) is 0 Å². The Bertz CT molecular complexity index is 1140. The van der Waals surface area contributed by atoms with Gasteiger partial charge >= 0.3 is 12.0 Å². The summed E-state index contributed by atoms with van der Waals surface area (Å²) >= 11 is 0. The topological polar surface area (TPSA) is 108 Å². The normalized spacial score (nSPS) is 11.3. The molecule has 8 nitrogen and oxygen atoms in total. The molecule has 3 amide bonds. The number of anilines is 2. The molecule has 0 fully saturated rings. The van der Waals surface area contributed by atoms with Gasteiger partial charge in [0.25, 0.3) is 5.91 Å². The molecule has 8 heteroatoms. The molecule has 0 saturated heterocycles. The van der Waals surface area contributed by atoms with Crippen molar-refractivity contribution in [3.05, 3.63) is 78.4 Å². The first-order valence-corrected chi connectivity index (χ1v) is 10.8. The molecule has 0 aliphatic rings. The molecule has 0 aliphatic heterocycles. The van der Waals surface area contributed by atoms with Gasteiger partial charge in [-0.3, -0.25) is 4.79 Å². The number of nitrogens with zero attached hydrogens (tertiary/aromatic N) is 1.